The Morgan fingerprint density at radius 1 is 1.44 bits per heavy atom. The first-order valence-corrected chi connectivity index (χ1v) is 8.35. The number of rotatable bonds is 7. The Labute approximate surface area is 113 Å². The maximum Gasteiger partial charge on any atom is 0.275 e. The molecule has 0 bridgehead atoms. The van der Waals surface area contributed by atoms with Gasteiger partial charge in [-0.2, -0.15) is 11.8 Å². The van der Waals surface area contributed by atoms with Crippen molar-refractivity contribution in [3.8, 4) is 0 Å². The molecule has 1 aromatic rings. The van der Waals surface area contributed by atoms with Crippen molar-refractivity contribution in [3.05, 3.63) is 17.9 Å². The number of nitrogens with zero attached hydrogens (tertiary/aromatic N) is 1. The lowest BCUT2D eigenvalue weighted by atomic mass is 10.4. The van der Waals surface area contributed by atoms with Crippen LogP contribution in [0.5, 0.6) is 0 Å². The van der Waals surface area contributed by atoms with Crippen molar-refractivity contribution in [2.75, 3.05) is 26.9 Å². The van der Waals surface area contributed by atoms with Gasteiger partial charge in [0.15, 0.2) is 0 Å². The van der Waals surface area contributed by atoms with Gasteiger partial charge < -0.3 is 9.73 Å². The third-order valence-electron chi connectivity index (χ3n) is 2.51. The summed E-state index contributed by atoms with van der Waals surface area (Å²) in [5.74, 6) is 0.628. The van der Waals surface area contributed by atoms with E-state index < -0.39 is 10.0 Å². The highest BCUT2D eigenvalue weighted by molar-refractivity contribution is 7.99. The molecule has 0 fully saturated rings. The Bertz CT molecular complexity index is 468. The van der Waals surface area contributed by atoms with Crippen molar-refractivity contribution >= 4 is 21.8 Å². The van der Waals surface area contributed by atoms with Crippen LogP contribution in [0.1, 0.15) is 12.7 Å². The topological polar surface area (TPSA) is 62.6 Å². The molecule has 0 aliphatic heterocycles. The normalized spacial score (nSPS) is 14.1. The number of nitrogens with one attached hydrogen (secondary N) is 1. The lowest BCUT2D eigenvalue weighted by Crippen LogP contribution is -2.22. The van der Waals surface area contributed by atoms with Crippen LogP contribution in [0.15, 0.2) is 21.6 Å². The average molecular weight is 292 g/mol. The second kappa shape index (κ2) is 6.60. The molecule has 0 spiro atoms. The molecule has 0 saturated heterocycles. The van der Waals surface area contributed by atoms with Gasteiger partial charge in [0.05, 0.1) is 6.54 Å². The first-order valence-electron chi connectivity index (χ1n) is 5.62. The van der Waals surface area contributed by atoms with Crippen LogP contribution in [0.2, 0.25) is 0 Å². The molecule has 7 heteroatoms. The standard InChI is InChI=1S/C11H20N2O3S2/c1-9(17-4)7-12-8-10-5-6-11(16-10)18(14,15)13(2)3/h5-6,9,12H,7-8H2,1-4H3. The van der Waals surface area contributed by atoms with Gasteiger partial charge in [0.2, 0.25) is 5.09 Å². The Morgan fingerprint density at radius 2 is 2.11 bits per heavy atom. The van der Waals surface area contributed by atoms with E-state index in [1.54, 1.807) is 17.8 Å². The van der Waals surface area contributed by atoms with Gasteiger partial charge in [-0.05, 0) is 18.4 Å². The zero-order valence-corrected chi connectivity index (χ0v) is 12.8. The molecule has 5 nitrogen and oxygen atoms in total. The molecule has 1 unspecified atom stereocenters. The molecule has 1 heterocycles. The van der Waals surface area contributed by atoms with Crippen molar-refractivity contribution in [2.45, 2.75) is 23.8 Å². The van der Waals surface area contributed by atoms with E-state index in [1.165, 1.54) is 20.2 Å². The second-order valence-electron chi connectivity index (χ2n) is 4.19. The van der Waals surface area contributed by atoms with E-state index in [1.807, 2.05) is 0 Å². The summed E-state index contributed by atoms with van der Waals surface area (Å²) in [5, 5.41) is 3.73. The van der Waals surface area contributed by atoms with Gasteiger partial charge >= 0.3 is 0 Å². The molecular formula is C11H20N2O3S2. The largest absolute Gasteiger partial charge is 0.447 e. The monoisotopic (exact) mass is 292 g/mol. The van der Waals surface area contributed by atoms with Gasteiger partial charge in [-0.25, -0.2) is 12.7 Å². The van der Waals surface area contributed by atoms with E-state index in [0.29, 0.717) is 17.6 Å². The fourth-order valence-corrected chi connectivity index (χ4v) is 2.35. The fraction of sp³-hybridized carbons (Fsp3) is 0.636. The second-order valence-corrected chi connectivity index (χ2v) is 7.54. The van der Waals surface area contributed by atoms with Gasteiger partial charge in [0.25, 0.3) is 10.0 Å². The highest BCUT2D eigenvalue weighted by Crippen LogP contribution is 2.16. The summed E-state index contributed by atoms with van der Waals surface area (Å²) < 4.78 is 30.0. The fourth-order valence-electron chi connectivity index (χ4n) is 1.25. The zero-order chi connectivity index (χ0) is 13.8. The zero-order valence-electron chi connectivity index (χ0n) is 11.1. The molecule has 0 radical (unpaired) electrons. The van der Waals surface area contributed by atoms with E-state index >= 15 is 0 Å². The molecule has 1 rings (SSSR count). The van der Waals surface area contributed by atoms with Gasteiger partial charge in [0.1, 0.15) is 5.76 Å². The molecule has 0 aliphatic rings. The highest BCUT2D eigenvalue weighted by Gasteiger charge is 2.21. The Kier molecular flexibility index (Phi) is 5.71. The van der Waals surface area contributed by atoms with Crippen molar-refractivity contribution in [3.63, 3.8) is 0 Å². The minimum Gasteiger partial charge on any atom is -0.447 e. The minimum atomic E-state index is -3.47. The van der Waals surface area contributed by atoms with Crippen LogP contribution in [0.4, 0.5) is 0 Å². The SMILES string of the molecule is CSC(C)CNCc1ccc(S(=O)(=O)N(C)C)o1. The molecule has 0 amide bonds. The number of hydrogen-bond donors (Lipinski definition) is 1. The van der Waals surface area contributed by atoms with Crippen molar-refractivity contribution in [1.82, 2.24) is 9.62 Å². The van der Waals surface area contributed by atoms with Gasteiger partial charge in [-0.3, -0.25) is 0 Å². The van der Waals surface area contributed by atoms with Crippen LogP contribution in [0.25, 0.3) is 0 Å². The van der Waals surface area contributed by atoms with Crippen molar-refractivity contribution in [1.29, 1.82) is 0 Å². The first-order chi connectivity index (χ1) is 8.37. The van der Waals surface area contributed by atoms with Crippen LogP contribution < -0.4 is 5.32 Å². The van der Waals surface area contributed by atoms with E-state index in [0.717, 1.165) is 10.8 Å². The Morgan fingerprint density at radius 3 is 2.67 bits per heavy atom. The number of thioether (sulfide) groups is 1. The van der Waals surface area contributed by atoms with E-state index in [2.05, 4.69) is 18.5 Å². The number of sulfonamides is 1. The highest BCUT2D eigenvalue weighted by atomic mass is 32.2. The third kappa shape index (κ3) is 4.01. The number of furan rings is 1. The maximum atomic E-state index is 11.8. The number of hydrogen-bond acceptors (Lipinski definition) is 5. The van der Waals surface area contributed by atoms with Gasteiger partial charge in [-0.1, -0.05) is 6.92 Å². The van der Waals surface area contributed by atoms with E-state index in [4.69, 9.17) is 4.42 Å². The molecule has 0 aromatic carbocycles. The van der Waals surface area contributed by atoms with E-state index in [-0.39, 0.29) is 5.09 Å². The molecule has 1 aromatic heterocycles. The van der Waals surface area contributed by atoms with Crippen molar-refractivity contribution < 1.29 is 12.8 Å². The predicted octanol–water partition coefficient (Wildman–Crippen LogP) is 1.37. The van der Waals surface area contributed by atoms with Crippen LogP contribution in [0, 0.1) is 0 Å². The smallest absolute Gasteiger partial charge is 0.275 e. The van der Waals surface area contributed by atoms with E-state index in [9.17, 15) is 8.42 Å². The predicted molar refractivity (Wildman–Crippen MR) is 74.3 cm³/mol. The quantitative estimate of drug-likeness (QED) is 0.822. The lowest BCUT2D eigenvalue weighted by molar-refractivity contribution is 0.389. The van der Waals surface area contributed by atoms with Crippen molar-refractivity contribution in [2.24, 2.45) is 0 Å². The summed E-state index contributed by atoms with van der Waals surface area (Å²) in [4.78, 5) is 0. The van der Waals surface area contributed by atoms with Gasteiger partial charge in [-0.15, -0.1) is 0 Å². The average Bonchev–Trinajstić information content (AvgIpc) is 2.77. The maximum absolute atomic E-state index is 11.8. The summed E-state index contributed by atoms with van der Waals surface area (Å²) in [6.45, 7) is 3.52. The molecule has 0 saturated carbocycles. The summed E-state index contributed by atoms with van der Waals surface area (Å²) in [7, 11) is -0.503. The lowest BCUT2D eigenvalue weighted by Gasteiger charge is -2.09. The Hall–Kier alpha value is -0.500. The summed E-state index contributed by atoms with van der Waals surface area (Å²) in [6, 6.07) is 3.18. The van der Waals surface area contributed by atoms with Crippen LogP contribution >= 0.6 is 11.8 Å². The first kappa shape index (κ1) is 15.6. The van der Waals surface area contributed by atoms with Gasteiger partial charge in [0, 0.05) is 25.9 Å². The summed E-state index contributed by atoms with van der Waals surface area (Å²) >= 11 is 1.78. The molecular weight excluding hydrogens is 272 g/mol. The Balaban J connectivity index is 2.59. The summed E-state index contributed by atoms with van der Waals surface area (Å²) in [6.07, 6.45) is 2.06. The van der Waals surface area contributed by atoms with Crippen LogP contribution in [0.3, 0.4) is 0 Å². The molecule has 1 N–H and O–H groups in total. The van der Waals surface area contributed by atoms with Crippen LogP contribution in [-0.2, 0) is 16.6 Å². The summed E-state index contributed by atoms with van der Waals surface area (Å²) in [5.41, 5.74) is 0. The third-order valence-corrected chi connectivity index (χ3v) is 5.17. The molecule has 0 aliphatic carbocycles. The molecule has 18 heavy (non-hydrogen) atoms. The molecule has 104 valence electrons. The van der Waals surface area contributed by atoms with Crippen LogP contribution in [-0.4, -0.2) is 44.9 Å². The minimum absolute atomic E-state index is 0.0118. The molecule has 1 atom stereocenters.